The van der Waals surface area contributed by atoms with E-state index in [0.717, 1.165) is 57.7 Å². The first-order chi connectivity index (χ1) is 12.7. The molecule has 0 radical (unpaired) electrons. The highest BCUT2D eigenvalue weighted by Crippen LogP contribution is 2.25. The van der Waals surface area contributed by atoms with Gasteiger partial charge in [0.2, 0.25) is 11.9 Å². The smallest absolute Gasteiger partial charge is 0.224 e. The molecule has 1 aromatic rings. The highest BCUT2D eigenvalue weighted by atomic mass is 16.5. The van der Waals surface area contributed by atoms with Crippen LogP contribution in [-0.4, -0.2) is 73.3 Å². The van der Waals surface area contributed by atoms with Crippen LogP contribution in [0.25, 0.3) is 0 Å². The summed E-state index contributed by atoms with van der Waals surface area (Å²) in [6.07, 6.45) is 5.95. The van der Waals surface area contributed by atoms with Crippen LogP contribution in [0.15, 0.2) is 12.3 Å². The zero-order valence-electron chi connectivity index (χ0n) is 15.6. The van der Waals surface area contributed by atoms with E-state index in [1.807, 2.05) is 6.07 Å². The lowest BCUT2D eigenvalue weighted by atomic mass is 9.93. The van der Waals surface area contributed by atoms with E-state index >= 15 is 0 Å². The number of carbonyl (C=O) groups is 1. The SMILES string of the molecule is COCCNC(=O)[C@@H]1CCCN(C2CCN(c3ccnc(N)n3)CC2)C1. The molecule has 2 aliphatic rings. The Morgan fingerprint density at radius 3 is 2.88 bits per heavy atom. The summed E-state index contributed by atoms with van der Waals surface area (Å²) in [5.74, 6) is 1.49. The number of piperidine rings is 2. The fourth-order valence-corrected chi connectivity index (χ4v) is 3.97. The normalized spacial score (nSPS) is 22.3. The van der Waals surface area contributed by atoms with Gasteiger partial charge in [0.05, 0.1) is 12.5 Å². The van der Waals surface area contributed by atoms with Crippen LogP contribution < -0.4 is 16.0 Å². The number of carbonyl (C=O) groups excluding carboxylic acids is 1. The summed E-state index contributed by atoms with van der Waals surface area (Å²) in [6, 6.07) is 2.46. The van der Waals surface area contributed by atoms with Crippen molar-refractivity contribution in [3.63, 3.8) is 0 Å². The van der Waals surface area contributed by atoms with Gasteiger partial charge >= 0.3 is 0 Å². The van der Waals surface area contributed by atoms with Crippen LogP contribution in [0.3, 0.4) is 0 Å². The second kappa shape index (κ2) is 9.14. The molecule has 1 atom stereocenters. The zero-order valence-corrected chi connectivity index (χ0v) is 15.6. The Labute approximate surface area is 155 Å². The van der Waals surface area contributed by atoms with Crippen LogP contribution in [0.1, 0.15) is 25.7 Å². The number of rotatable bonds is 6. The Kier molecular flexibility index (Phi) is 6.62. The van der Waals surface area contributed by atoms with Crippen LogP contribution in [0, 0.1) is 5.92 Å². The topological polar surface area (TPSA) is 96.6 Å². The van der Waals surface area contributed by atoms with Gasteiger partial charge in [-0.1, -0.05) is 0 Å². The molecule has 3 N–H and O–H groups in total. The van der Waals surface area contributed by atoms with Gasteiger partial charge in [0.25, 0.3) is 0 Å². The van der Waals surface area contributed by atoms with E-state index in [1.54, 1.807) is 13.3 Å². The minimum absolute atomic E-state index is 0.0975. The van der Waals surface area contributed by atoms with E-state index in [1.165, 1.54) is 0 Å². The second-order valence-corrected chi connectivity index (χ2v) is 7.11. The number of hydrogen-bond donors (Lipinski definition) is 2. The third kappa shape index (κ3) is 4.82. The fourth-order valence-electron chi connectivity index (χ4n) is 3.97. The molecule has 144 valence electrons. The van der Waals surface area contributed by atoms with Crippen molar-refractivity contribution in [3.8, 4) is 0 Å². The summed E-state index contributed by atoms with van der Waals surface area (Å²) >= 11 is 0. The van der Waals surface area contributed by atoms with E-state index in [-0.39, 0.29) is 11.8 Å². The van der Waals surface area contributed by atoms with Crippen molar-refractivity contribution in [1.82, 2.24) is 20.2 Å². The number of hydrogen-bond acceptors (Lipinski definition) is 7. The Hall–Kier alpha value is -1.93. The van der Waals surface area contributed by atoms with E-state index in [4.69, 9.17) is 10.5 Å². The van der Waals surface area contributed by atoms with Crippen molar-refractivity contribution in [2.24, 2.45) is 5.92 Å². The molecule has 0 aliphatic carbocycles. The molecule has 26 heavy (non-hydrogen) atoms. The number of likely N-dealkylation sites (tertiary alicyclic amines) is 1. The highest BCUT2D eigenvalue weighted by molar-refractivity contribution is 5.78. The number of aromatic nitrogens is 2. The minimum Gasteiger partial charge on any atom is -0.383 e. The third-order valence-corrected chi connectivity index (χ3v) is 5.39. The summed E-state index contributed by atoms with van der Waals surface area (Å²) < 4.78 is 5.00. The molecule has 0 aromatic carbocycles. The molecule has 2 saturated heterocycles. The van der Waals surface area contributed by atoms with E-state index in [9.17, 15) is 4.79 Å². The molecule has 1 amide bonds. The largest absolute Gasteiger partial charge is 0.383 e. The first-order valence-corrected chi connectivity index (χ1v) is 9.51. The Bertz CT molecular complexity index is 591. The lowest BCUT2D eigenvalue weighted by Crippen LogP contribution is -2.51. The summed E-state index contributed by atoms with van der Waals surface area (Å²) in [5.41, 5.74) is 5.69. The predicted molar refractivity (Wildman–Crippen MR) is 101 cm³/mol. The number of methoxy groups -OCH3 is 1. The van der Waals surface area contributed by atoms with Gasteiger partial charge < -0.3 is 20.7 Å². The maximum atomic E-state index is 12.3. The molecule has 8 nitrogen and oxygen atoms in total. The first-order valence-electron chi connectivity index (χ1n) is 9.51. The average Bonchev–Trinajstić information content (AvgIpc) is 2.68. The van der Waals surface area contributed by atoms with Gasteiger partial charge in [-0.3, -0.25) is 9.69 Å². The second-order valence-electron chi connectivity index (χ2n) is 7.11. The van der Waals surface area contributed by atoms with Crippen molar-refractivity contribution in [2.75, 3.05) is 57.1 Å². The van der Waals surface area contributed by atoms with Gasteiger partial charge in [0.15, 0.2) is 0 Å². The molecule has 0 unspecified atom stereocenters. The van der Waals surface area contributed by atoms with E-state index < -0.39 is 0 Å². The highest BCUT2D eigenvalue weighted by Gasteiger charge is 2.31. The Morgan fingerprint density at radius 2 is 2.15 bits per heavy atom. The lowest BCUT2D eigenvalue weighted by Gasteiger charge is -2.42. The van der Waals surface area contributed by atoms with Gasteiger partial charge in [0, 0.05) is 45.5 Å². The molecule has 3 rings (SSSR count). The molecule has 0 spiro atoms. The van der Waals surface area contributed by atoms with E-state index in [2.05, 4.69) is 25.1 Å². The van der Waals surface area contributed by atoms with Crippen molar-refractivity contribution < 1.29 is 9.53 Å². The van der Waals surface area contributed by atoms with Crippen molar-refractivity contribution in [2.45, 2.75) is 31.7 Å². The summed E-state index contributed by atoms with van der Waals surface area (Å²) in [4.78, 5) is 25.4. The molecular weight excluding hydrogens is 332 g/mol. The van der Waals surface area contributed by atoms with Crippen molar-refractivity contribution in [3.05, 3.63) is 12.3 Å². The summed E-state index contributed by atoms with van der Waals surface area (Å²) in [6.45, 7) is 5.03. The number of nitrogens with zero attached hydrogens (tertiary/aromatic N) is 4. The predicted octanol–water partition coefficient (Wildman–Crippen LogP) is 0.502. The quantitative estimate of drug-likeness (QED) is 0.712. The van der Waals surface area contributed by atoms with Gasteiger partial charge in [-0.15, -0.1) is 0 Å². The molecule has 3 heterocycles. The molecule has 0 saturated carbocycles. The van der Waals surface area contributed by atoms with Crippen molar-refractivity contribution in [1.29, 1.82) is 0 Å². The zero-order chi connectivity index (χ0) is 18.4. The minimum atomic E-state index is 0.0975. The maximum Gasteiger partial charge on any atom is 0.224 e. The first kappa shape index (κ1) is 18.8. The van der Waals surface area contributed by atoms with Gasteiger partial charge in [-0.05, 0) is 38.3 Å². The maximum absolute atomic E-state index is 12.3. The van der Waals surface area contributed by atoms with Crippen LogP contribution in [0.4, 0.5) is 11.8 Å². The number of ether oxygens (including phenoxy) is 1. The van der Waals surface area contributed by atoms with Crippen LogP contribution in [-0.2, 0) is 9.53 Å². The number of nitrogens with two attached hydrogens (primary N) is 1. The molecule has 8 heteroatoms. The molecular formula is C18H30N6O2. The van der Waals surface area contributed by atoms with Crippen LogP contribution in [0.2, 0.25) is 0 Å². The molecule has 2 fully saturated rings. The number of amides is 1. The van der Waals surface area contributed by atoms with Gasteiger partial charge in [-0.25, -0.2) is 4.98 Å². The summed E-state index contributed by atoms with van der Waals surface area (Å²) in [5, 5.41) is 2.99. The third-order valence-electron chi connectivity index (χ3n) is 5.39. The van der Waals surface area contributed by atoms with E-state index in [0.29, 0.717) is 25.1 Å². The Balaban J connectivity index is 1.48. The fraction of sp³-hybridized carbons (Fsp3) is 0.722. The monoisotopic (exact) mass is 362 g/mol. The molecule has 0 bridgehead atoms. The summed E-state index contributed by atoms with van der Waals surface area (Å²) in [7, 11) is 1.65. The van der Waals surface area contributed by atoms with Crippen molar-refractivity contribution >= 4 is 17.7 Å². The average molecular weight is 362 g/mol. The van der Waals surface area contributed by atoms with Gasteiger partial charge in [0.1, 0.15) is 5.82 Å². The number of nitrogen functional groups attached to an aromatic ring is 1. The lowest BCUT2D eigenvalue weighted by molar-refractivity contribution is -0.127. The van der Waals surface area contributed by atoms with Crippen LogP contribution >= 0.6 is 0 Å². The number of nitrogens with one attached hydrogen (secondary N) is 1. The molecule has 2 aliphatic heterocycles. The number of anilines is 2. The van der Waals surface area contributed by atoms with Crippen LogP contribution in [0.5, 0.6) is 0 Å². The standard InChI is InChI=1S/C18H30N6O2/c1-26-12-8-20-17(25)14-3-2-9-24(13-14)15-5-10-23(11-6-15)16-4-7-21-18(19)22-16/h4,7,14-15H,2-3,5-6,8-13H2,1H3,(H,20,25)(H2,19,21,22)/t14-/m1/s1. The molecule has 1 aromatic heterocycles. The Morgan fingerprint density at radius 1 is 1.35 bits per heavy atom. The van der Waals surface area contributed by atoms with Gasteiger partial charge in [-0.2, -0.15) is 4.98 Å².